The molecule has 0 radical (unpaired) electrons. The molecule has 0 spiro atoms. The Bertz CT molecular complexity index is 828. The summed E-state index contributed by atoms with van der Waals surface area (Å²) in [4.78, 5) is 14.9. The number of nitrogens with one attached hydrogen (secondary N) is 1. The molecule has 0 bridgehead atoms. The van der Waals surface area contributed by atoms with Crippen LogP contribution in [0.2, 0.25) is 5.02 Å². The summed E-state index contributed by atoms with van der Waals surface area (Å²) in [7, 11) is 0. The number of hydrogen-bond acceptors (Lipinski definition) is 5. The molecule has 1 atom stereocenters. The minimum Gasteiger partial charge on any atom is -0.454 e. The number of ether oxygens (including phenoxy) is 3. The van der Waals surface area contributed by atoms with E-state index < -0.39 is 0 Å². The molecular weight excluding hydrogens is 403 g/mol. The largest absolute Gasteiger partial charge is 0.454 e. The SMILES string of the molecule is Cl.O=C(NCC(c1ccc2c(c1)OCO2)N1CCOCC1)c1cccc(Cl)c1. The molecule has 1 saturated heterocycles. The maximum atomic E-state index is 12.5. The van der Waals surface area contributed by atoms with Crippen molar-refractivity contribution >= 4 is 29.9 Å². The number of carbonyl (C=O) groups excluding carboxylic acids is 1. The van der Waals surface area contributed by atoms with E-state index >= 15 is 0 Å². The van der Waals surface area contributed by atoms with Crippen LogP contribution in [0.15, 0.2) is 42.5 Å². The first-order chi connectivity index (χ1) is 13.2. The summed E-state index contributed by atoms with van der Waals surface area (Å²) in [6.07, 6.45) is 0. The Labute approximate surface area is 175 Å². The highest BCUT2D eigenvalue weighted by Gasteiger charge is 2.25. The predicted molar refractivity (Wildman–Crippen MR) is 109 cm³/mol. The van der Waals surface area contributed by atoms with E-state index in [0.717, 1.165) is 30.2 Å². The number of rotatable bonds is 5. The van der Waals surface area contributed by atoms with Gasteiger partial charge in [0.15, 0.2) is 11.5 Å². The second-order valence-electron chi connectivity index (χ2n) is 6.50. The summed E-state index contributed by atoms with van der Waals surface area (Å²) < 4.78 is 16.4. The first kappa shape index (κ1) is 20.7. The number of halogens is 2. The molecule has 28 heavy (non-hydrogen) atoms. The van der Waals surface area contributed by atoms with Crippen molar-refractivity contribution in [3.63, 3.8) is 0 Å². The first-order valence-corrected chi connectivity index (χ1v) is 9.33. The molecule has 2 heterocycles. The fraction of sp³-hybridized carbons (Fsp3) is 0.350. The van der Waals surface area contributed by atoms with Gasteiger partial charge in [-0.2, -0.15) is 0 Å². The van der Waals surface area contributed by atoms with Crippen molar-refractivity contribution in [2.75, 3.05) is 39.6 Å². The minimum absolute atomic E-state index is 0. The van der Waals surface area contributed by atoms with Gasteiger partial charge in [0.05, 0.1) is 19.3 Å². The summed E-state index contributed by atoms with van der Waals surface area (Å²) in [5.74, 6) is 1.35. The van der Waals surface area contributed by atoms with Crippen molar-refractivity contribution in [2.45, 2.75) is 6.04 Å². The number of fused-ring (bicyclic) bond motifs is 1. The standard InChI is InChI=1S/C20H21ClN2O4.ClH/c21-16-3-1-2-15(10-16)20(24)22-12-17(23-6-8-25-9-7-23)14-4-5-18-19(11-14)27-13-26-18;/h1-5,10-11,17H,6-9,12-13H2,(H,22,24);1H. The van der Waals surface area contributed by atoms with E-state index in [1.54, 1.807) is 24.3 Å². The Morgan fingerprint density at radius 2 is 1.89 bits per heavy atom. The van der Waals surface area contributed by atoms with Crippen molar-refractivity contribution in [3.05, 3.63) is 58.6 Å². The van der Waals surface area contributed by atoms with Crippen molar-refractivity contribution in [1.82, 2.24) is 10.2 Å². The van der Waals surface area contributed by atoms with Crippen LogP contribution in [-0.2, 0) is 4.74 Å². The molecule has 8 heteroatoms. The smallest absolute Gasteiger partial charge is 0.251 e. The van der Waals surface area contributed by atoms with E-state index in [1.807, 2.05) is 18.2 Å². The molecule has 1 N–H and O–H groups in total. The van der Waals surface area contributed by atoms with Gasteiger partial charge in [-0.05, 0) is 35.9 Å². The Hall–Kier alpha value is -1.99. The molecule has 2 aliphatic rings. The summed E-state index contributed by atoms with van der Waals surface area (Å²) in [5.41, 5.74) is 1.63. The number of hydrogen-bond donors (Lipinski definition) is 1. The Balaban J connectivity index is 0.00000225. The monoisotopic (exact) mass is 424 g/mol. The molecule has 1 unspecified atom stereocenters. The lowest BCUT2D eigenvalue weighted by Gasteiger charge is -2.35. The molecule has 0 aliphatic carbocycles. The zero-order chi connectivity index (χ0) is 18.6. The summed E-state index contributed by atoms with van der Waals surface area (Å²) in [6.45, 7) is 3.71. The molecule has 2 aliphatic heterocycles. The molecule has 2 aromatic carbocycles. The number of nitrogens with zero attached hydrogens (tertiary/aromatic N) is 1. The first-order valence-electron chi connectivity index (χ1n) is 8.96. The van der Waals surface area contributed by atoms with Gasteiger partial charge in [-0.3, -0.25) is 9.69 Å². The van der Waals surface area contributed by atoms with Gasteiger partial charge < -0.3 is 19.5 Å². The maximum absolute atomic E-state index is 12.5. The minimum atomic E-state index is -0.142. The van der Waals surface area contributed by atoms with E-state index in [1.165, 1.54) is 0 Å². The van der Waals surface area contributed by atoms with Gasteiger partial charge in [0.2, 0.25) is 6.79 Å². The van der Waals surface area contributed by atoms with E-state index in [4.69, 9.17) is 25.8 Å². The van der Waals surface area contributed by atoms with E-state index in [-0.39, 0.29) is 31.1 Å². The second-order valence-corrected chi connectivity index (χ2v) is 6.93. The van der Waals surface area contributed by atoms with Gasteiger partial charge in [-0.15, -0.1) is 12.4 Å². The van der Waals surface area contributed by atoms with Gasteiger partial charge in [-0.1, -0.05) is 23.7 Å². The summed E-state index contributed by atoms with van der Waals surface area (Å²) in [6, 6.07) is 12.9. The lowest BCUT2D eigenvalue weighted by molar-refractivity contribution is 0.0162. The number of morpholine rings is 1. The van der Waals surface area contributed by atoms with Gasteiger partial charge >= 0.3 is 0 Å². The molecule has 2 aromatic rings. The maximum Gasteiger partial charge on any atom is 0.251 e. The fourth-order valence-corrected chi connectivity index (χ4v) is 3.58. The molecule has 1 fully saturated rings. The third-order valence-electron chi connectivity index (χ3n) is 4.81. The predicted octanol–water partition coefficient (Wildman–Crippen LogP) is 3.29. The van der Waals surface area contributed by atoms with Crippen LogP contribution < -0.4 is 14.8 Å². The summed E-state index contributed by atoms with van der Waals surface area (Å²) in [5, 5.41) is 3.58. The number of carbonyl (C=O) groups is 1. The van der Waals surface area contributed by atoms with Crippen LogP contribution in [0.3, 0.4) is 0 Å². The van der Waals surface area contributed by atoms with Crippen LogP contribution in [0, 0.1) is 0 Å². The number of benzene rings is 2. The van der Waals surface area contributed by atoms with Gasteiger partial charge in [0.1, 0.15) is 0 Å². The normalized spacial score (nSPS) is 16.9. The Morgan fingerprint density at radius 3 is 2.68 bits per heavy atom. The zero-order valence-corrected chi connectivity index (χ0v) is 16.8. The summed E-state index contributed by atoms with van der Waals surface area (Å²) >= 11 is 6.00. The molecular formula is C20H22Cl2N2O4. The van der Waals surface area contributed by atoms with E-state index in [9.17, 15) is 4.79 Å². The van der Waals surface area contributed by atoms with Gasteiger partial charge in [0, 0.05) is 30.2 Å². The van der Waals surface area contributed by atoms with Crippen LogP contribution in [0.5, 0.6) is 11.5 Å². The highest BCUT2D eigenvalue weighted by molar-refractivity contribution is 6.30. The highest BCUT2D eigenvalue weighted by atomic mass is 35.5. The molecule has 6 nitrogen and oxygen atoms in total. The lowest BCUT2D eigenvalue weighted by atomic mass is 10.0. The molecule has 0 saturated carbocycles. The van der Waals surface area contributed by atoms with Crippen LogP contribution in [0.25, 0.3) is 0 Å². The third kappa shape index (κ3) is 4.70. The van der Waals surface area contributed by atoms with Gasteiger partial charge in [0.25, 0.3) is 5.91 Å². The molecule has 0 aromatic heterocycles. The van der Waals surface area contributed by atoms with E-state index in [2.05, 4.69) is 10.2 Å². The third-order valence-corrected chi connectivity index (χ3v) is 5.05. The number of amides is 1. The zero-order valence-electron chi connectivity index (χ0n) is 15.2. The van der Waals surface area contributed by atoms with Crippen LogP contribution in [0.4, 0.5) is 0 Å². The van der Waals surface area contributed by atoms with Crippen LogP contribution in [-0.4, -0.2) is 50.4 Å². The van der Waals surface area contributed by atoms with Gasteiger partial charge in [-0.25, -0.2) is 0 Å². The fourth-order valence-electron chi connectivity index (χ4n) is 3.39. The second kappa shape index (κ2) is 9.47. The van der Waals surface area contributed by atoms with Crippen molar-refractivity contribution in [1.29, 1.82) is 0 Å². The van der Waals surface area contributed by atoms with Crippen molar-refractivity contribution in [2.24, 2.45) is 0 Å². The Morgan fingerprint density at radius 1 is 1.11 bits per heavy atom. The molecule has 150 valence electrons. The van der Waals surface area contributed by atoms with Crippen molar-refractivity contribution in [3.8, 4) is 11.5 Å². The molecule has 1 amide bonds. The molecule has 4 rings (SSSR count). The van der Waals surface area contributed by atoms with Crippen molar-refractivity contribution < 1.29 is 19.0 Å². The average Bonchev–Trinajstić information content (AvgIpc) is 3.17. The Kier molecular flexibility index (Phi) is 7.02. The van der Waals surface area contributed by atoms with Crippen LogP contribution in [0.1, 0.15) is 22.0 Å². The average molecular weight is 425 g/mol. The topological polar surface area (TPSA) is 60.0 Å². The van der Waals surface area contributed by atoms with E-state index in [0.29, 0.717) is 30.3 Å². The highest BCUT2D eigenvalue weighted by Crippen LogP contribution is 2.35. The lowest BCUT2D eigenvalue weighted by Crippen LogP contribution is -2.43. The van der Waals surface area contributed by atoms with Crippen LogP contribution >= 0.6 is 24.0 Å². The quantitative estimate of drug-likeness (QED) is 0.797.